The van der Waals surface area contributed by atoms with E-state index in [9.17, 15) is 0 Å². The van der Waals surface area contributed by atoms with Crippen LogP contribution < -0.4 is 0 Å². The summed E-state index contributed by atoms with van der Waals surface area (Å²) in [6, 6.07) is 0. The Bertz CT molecular complexity index is 833. The highest BCUT2D eigenvalue weighted by atomic mass is 16.3. The first-order chi connectivity index (χ1) is 37.2. The molecule has 0 fully saturated rings. The van der Waals surface area contributed by atoms with Crippen LogP contribution in [0.3, 0.4) is 0 Å². The second-order valence-corrected chi connectivity index (χ2v) is 18.4. The van der Waals surface area contributed by atoms with Gasteiger partial charge in [0.1, 0.15) is 0 Å². The van der Waals surface area contributed by atoms with Crippen LogP contribution in [0.1, 0.15) is 153 Å². The molecule has 0 aliphatic heterocycles. The van der Waals surface area contributed by atoms with Crippen molar-refractivity contribution in [1.29, 1.82) is 0 Å². The molecule has 0 amide bonds. The van der Waals surface area contributed by atoms with Gasteiger partial charge in [-0.1, -0.05) is 101 Å². The van der Waals surface area contributed by atoms with Crippen LogP contribution in [0.4, 0.5) is 0 Å². The van der Waals surface area contributed by atoms with Gasteiger partial charge in [0, 0.05) is 82.1 Å². The van der Waals surface area contributed by atoms with Crippen molar-refractivity contribution in [1.82, 2.24) is 0 Å². The van der Waals surface area contributed by atoms with Crippen LogP contribution in [0, 0.1) is 37.9 Å². The summed E-state index contributed by atoms with van der Waals surface area (Å²) in [5.74, 6) is 0. The second-order valence-electron chi connectivity index (χ2n) is 18.4. The molecule has 0 aromatic carbocycles. The number of rotatable bonds is 35. The van der Waals surface area contributed by atoms with Gasteiger partial charge in [-0.3, -0.25) is 0 Å². The Morgan fingerprint density at radius 3 is 0.410 bits per heavy atom. The minimum Gasteiger partial charge on any atom is -0.400 e. The Hall–Kier alpha value is -0.960. The lowest BCUT2D eigenvalue weighted by molar-refractivity contribution is -0.0328. The standard InChI is InChI=1S/C9H20O3.C9H20.C7H16O4.2C6H14O4.C6H14O3.C5H12O4.2C2H6.2CH4O/c1-2-3-9(8-12,4-6-10)5-7-11;1-5-9(6-2,7-3)8-4;8-3-1-7(5-10,6-11)2-4-9;2*7-2-1-6(3-8,4-9)5-10;1-2-6(3-7,4-8)5-9;6-1-5(2-7,3-8)4-9;4*1-2/h10-12H,2-8H2,1H3;5-8H2,1-4H3;8-11H,1-6H2;2*7-10H,1-5H2;7-9H,2-5H2,1H3;6-9H,1-4H2;2*1-2H3;2*2H,1H3. The van der Waals surface area contributed by atoms with Crippen molar-refractivity contribution >= 4 is 0 Å². The van der Waals surface area contributed by atoms with Gasteiger partial charge in [0.15, 0.2) is 0 Å². The molecule has 0 aliphatic rings. The van der Waals surface area contributed by atoms with Crippen LogP contribution in [0.15, 0.2) is 0 Å². The molecule has 0 aromatic rings. The van der Waals surface area contributed by atoms with Crippen LogP contribution in [-0.2, 0) is 0 Å². The molecule has 0 heterocycles. The number of aliphatic hydroxyl groups excluding tert-OH is 24. The Labute approximate surface area is 471 Å². The molecule has 0 bridgehead atoms. The van der Waals surface area contributed by atoms with Crippen LogP contribution in [-0.4, -0.2) is 282 Å². The molecular weight excluding hydrogens is 1030 g/mol. The average molecular weight is 1160 g/mol. The summed E-state index contributed by atoms with van der Waals surface area (Å²) >= 11 is 0. The van der Waals surface area contributed by atoms with Crippen LogP contribution in [0.5, 0.6) is 0 Å². The predicted octanol–water partition coefficient (Wildman–Crippen LogP) is -1.90. The minimum absolute atomic E-state index is 0.0575. The molecule has 0 saturated heterocycles. The molecule has 0 aliphatic carbocycles. The fraction of sp³-hybridized carbons (Fsp3) is 1.00. The summed E-state index contributed by atoms with van der Waals surface area (Å²) in [7, 11) is 2.00. The maximum absolute atomic E-state index is 9.15. The van der Waals surface area contributed by atoms with Gasteiger partial charge in [-0.05, 0) is 62.2 Å². The molecule has 0 radical (unpaired) electrons. The molecule has 78 heavy (non-hydrogen) atoms. The van der Waals surface area contributed by atoms with E-state index in [1.165, 1.54) is 25.7 Å². The predicted molar refractivity (Wildman–Crippen MR) is 306 cm³/mol. The van der Waals surface area contributed by atoms with Gasteiger partial charge >= 0.3 is 0 Å². The highest BCUT2D eigenvalue weighted by Gasteiger charge is 2.30. The van der Waals surface area contributed by atoms with E-state index in [2.05, 4.69) is 27.7 Å². The molecule has 0 spiro atoms. The van der Waals surface area contributed by atoms with E-state index < -0.39 is 53.5 Å². The lowest BCUT2D eigenvalue weighted by atomic mass is 9.78. The quantitative estimate of drug-likeness (QED) is 0.0330. The third kappa shape index (κ3) is 50.7. The SMILES string of the molecule is CC.CC.CCC(CC)(CC)CC.CCC(CO)(CO)CO.CCCC(CO)(CCO)CCO.CO.CO.OCC(CO)(CO)CO.OCCC(CO)(CO)CCO.OCCC(CO)(CO)CO.OCCC(CO)(CO)CO. The zero-order valence-electron chi connectivity index (χ0n) is 51.0. The van der Waals surface area contributed by atoms with Crippen LogP contribution in [0.2, 0.25) is 0 Å². The Balaban J connectivity index is -0.0000000730. The molecule has 24 N–H and O–H groups in total. The normalized spacial score (nSPS) is 11.1. The summed E-state index contributed by atoms with van der Waals surface area (Å²) in [4.78, 5) is 0. The van der Waals surface area contributed by atoms with Gasteiger partial charge in [0.2, 0.25) is 0 Å². The van der Waals surface area contributed by atoms with Crippen molar-refractivity contribution < 1.29 is 123 Å². The Kier molecular flexibility index (Phi) is 97.0. The lowest BCUT2D eigenvalue weighted by Gasteiger charge is -2.30. The van der Waals surface area contributed by atoms with Crippen molar-refractivity contribution in [3.05, 3.63) is 0 Å². The maximum atomic E-state index is 9.15. The van der Waals surface area contributed by atoms with E-state index in [0.717, 1.165) is 27.1 Å². The molecule has 24 nitrogen and oxygen atoms in total. The largest absolute Gasteiger partial charge is 0.400 e. The maximum Gasteiger partial charge on any atom is 0.0627 e. The zero-order valence-corrected chi connectivity index (χ0v) is 51.0. The van der Waals surface area contributed by atoms with Gasteiger partial charge in [-0.15, -0.1) is 0 Å². The van der Waals surface area contributed by atoms with Gasteiger partial charge in [-0.2, -0.15) is 0 Å². The van der Waals surface area contributed by atoms with E-state index in [0.29, 0.717) is 37.5 Å². The van der Waals surface area contributed by atoms with E-state index in [1.54, 1.807) is 0 Å². The Morgan fingerprint density at radius 1 is 0.179 bits per heavy atom. The smallest absolute Gasteiger partial charge is 0.0627 e. The van der Waals surface area contributed by atoms with Gasteiger partial charge < -0.3 is 123 Å². The number of aliphatic hydroxyl groups is 24. The van der Waals surface area contributed by atoms with Crippen molar-refractivity contribution in [3.63, 3.8) is 0 Å². The molecule has 0 unspecified atom stereocenters. The van der Waals surface area contributed by atoms with Gasteiger partial charge in [0.05, 0.1) is 105 Å². The summed E-state index contributed by atoms with van der Waals surface area (Å²) in [6.45, 7) is 16.5. The van der Waals surface area contributed by atoms with Gasteiger partial charge in [-0.25, -0.2) is 0 Å². The monoisotopic (exact) mass is 1160 g/mol. The Morgan fingerprint density at radius 2 is 0.333 bits per heavy atom. The highest BCUT2D eigenvalue weighted by Crippen LogP contribution is 2.33. The fourth-order valence-corrected chi connectivity index (χ4v) is 6.12. The zero-order chi connectivity index (χ0) is 64.2. The van der Waals surface area contributed by atoms with E-state index in [-0.39, 0.29) is 137 Å². The highest BCUT2D eigenvalue weighted by molar-refractivity contribution is 4.80. The van der Waals surface area contributed by atoms with Gasteiger partial charge in [0.25, 0.3) is 0 Å². The average Bonchev–Trinajstić information content (AvgIpc) is 3.51. The molecule has 0 aromatic heterocycles. The molecule has 0 rings (SSSR count). The van der Waals surface area contributed by atoms with Crippen molar-refractivity contribution in [3.8, 4) is 0 Å². The summed E-state index contributed by atoms with van der Waals surface area (Å²) < 4.78 is 0. The third-order valence-electron chi connectivity index (χ3n) is 13.7. The summed E-state index contributed by atoms with van der Waals surface area (Å²) in [5, 5.41) is 205. The first kappa shape index (κ1) is 102. The molecule has 0 atom stereocenters. The minimum atomic E-state index is -1.11. The molecule has 490 valence electrons. The van der Waals surface area contributed by atoms with E-state index >= 15 is 0 Å². The molecule has 24 heteroatoms. The third-order valence-corrected chi connectivity index (χ3v) is 13.7. The first-order valence-corrected chi connectivity index (χ1v) is 27.5. The molecular formula is C54H130O24. The van der Waals surface area contributed by atoms with Crippen LogP contribution in [0.25, 0.3) is 0 Å². The number of hydrogen-bond donors (Lipinski definition) is 24. The molecule has 0 saturated carbocycles. The summed E-state index contributed by atoms with van der Waals surface area (Å²) in [5.41, 5.74) is -3.88. The second kappa shape index (κ2) is 74.1. The van der Waals surface area contributed by atoms with Crippen molar-refractivity contribution in [2.75, 3.05) is 160 Å². The van der Waals surface area contributed by atoms with Crippen molar-refractivity contribution in [2.45, 2.75) is 153 Å². The number of hydrogen-bond acceptors (Lipinski definition) is 24. The fourth-order valence-electron chi connectivity index (χ4n) is 6.12. The first-order valence-electron chi connectivity index (χ1n) is 27.5. The van der Waals surface area contributed by atoms with E-state index in [1.807, 2.05) is 41.5 Å². The van der Waals surface area contributed by atoms with E-state index in [4.69, 9.17) is 123 Å². The topological polar surface area (TPSA) is 486 Å². The summed E-state index contributed by atoms with van der Waals surface area (Å²) in [6.07, 6.45) is 10.0. The lowest BCUT2D eigenvalue weighted by Crippen LogP contribution is -2.37. The van der Waals surface area contributed by atoms with Crippen molar-refractivity contribution in [2.24, 2.45) is 37.9 Å². The van der Waals surface area contributed by atoms with Crippen LogP contribution >= 0.6 is 0 Å².